The van der Waals surface area contributed by atoms with Gasteiger partial charge < -0.3 is 15.3 Å². The Bertz CT molecular complexity index is 1360. The average Bonchev–Trinajstić information content (AvgIpc) is 3.57. The van der Waals surface area contributed by atoms with Crippen LogP contribution in [0.2, 0.25) is 0 Å². The Morgan fingerprint density at radius 1 is 1.28 bits per heavy atom. The minimum absolute atomic E-state index is 0.0162. The Balaban J connectivity index is 1.50. The van der Waals surface area contributed by atoms with Crippen LogP contribution in [0.25, 0.3) is 0 Å². The van der Waals surface area contributed by atoms with Crippen molar-refractivity contribution in [3.63, 3.8) is 0 Å². The van der Waals surface area contributed by atoms with Crippen molar-refractivity contribution < 1.29 is 28.0 Å². The third-order valence-electron chi connectivity index (χ3n) is 7.68. The summed E-state index contributed by atoms with van der Waals surface area (Å²) < 4.78 is 38.0. The number of hydrogen-bond acceptors (Lipinski definition) is 5. The van der Waals surface area contributed by atoms with E-state index in [0.717, 1.165) is 25.0 Å². The number of carbonyl (C=O) groups is 3. The zero-order valence-electron chi connectivity index (χ0n) is 22.5. The van der Waals surface area contributed by atoms with Crippen LogP contribution in [0.15, 0.2) is 48.5 Å². The molecule has 0 radical (unpaired) electrons. The molecule has 1 saturated heterocycles. The van der Waals surface area contributed by atoms with Crippen molar-refractivity contribution in [2.24, 2.45) is 17.8 Å². The Kier molecular flexibility index (Phi) is 5.23. The molecule has 2 heterocycles. The molecule has 5 atom stereocenters. The maximum atomic E-state index is 14.1. The Hall–Kier alpha value is -3.57. The van der Waals surface area contributed by atoms with Crippen molar-refractivity contribution in [3.05, 3.63) is 65.5 Å². The standard InChI is InChI=1S/C28H28FN3O4/c1-16(24(33)25(34)18-8-10-19(29)11-9-18)21(12-17-6-7-17)26(35)32-15-28(13-20(32)14-30)22-4-2-3-5-23(22)31-27(28)36/h2-5,8-11,16-17,20-21,25,34H,6-7,12-13,15H2,1H3,(H,31,36)/t16?,20-,21+,25+,28-/m0/s1/i1D3. The van der Waals surface area contributed by atoms with Gasteiger partial charge in [-0.3, -0.25) is 14.4 Å². The predicted octanol–water partition coefficient (Wildman–Crippen LogP) is 3.50. The van der Waals surface area contributed by atoms with Gasteiger partial charge in [0.1, 0.15) is 18.0 Å². The zero-order chi connectivity index (χ0) is 28.1. The van der Waals surface area contributed by atoms with Crippen LogP contribution in [0.5, 0.6) is 0 Å². The Labute approximate surface area is 213 Å². The fraction of sp³-hybridized carbons (Fsp3) is 0.429. The molecule has 1 unspecified atom stereocenters. The number of carbonyl (C=O) groups excluding carboxylic acids is 3. The van der Waals surface area contributed by atoms with E-state index in [0.29, 0.717) is 11.3 Å². The van der Waals surface area contributed by atoms with Gasteiger partial charge in [0, 0.05) is 34.6 Å². The van der Waals surface area contributed by atoms with Gasteiger partial charge in [-0.2, -0.15) is 5.26 Å². The van der Waals surface area contributed by atoms with E-state index >= 15 is 0 Å². The molecule has 8 heteroatoms. The number of halogens is 1. The lowest BCUT2D eigenvalue weighted by atomic mass is 9.79. The maximum Gasteiger partial charge on any atom is 0.237 e. The number of fused-ring (bicyclic) bond motifs is 2. The molecule has 1 aliphatic carbocycles. The number of aliphatic hydroxyl groups excluding tert-OH is 1. The maximum absolute atomic E-state index is 14.1. The topological polar surface area (TPSA) is 110 Å². The van der Waals surface area contributed by atoms with Crippen LogP contribution in [-0.2, 0) is 19.8 Å². The summed E-state index contributed by atoms with van der Waals surface area (Å²) in [6.07, 6.45) is -0.191. The Morgan fingerprint density at radius 2 is 2.00 bits per heavy atom. The number of benzene rings is 2. The van der Waals surface area contributed by atoms with E-state index in [1.165, 1.54) is 17.0 Å². The summed E-state index contributed by atoms with van der Waals surface area (Å²) in [4.78, 5) is 42.1. The number of hydrogen-bond donors (Lipinski definition) is 2. The molecule has 36 heavy (non-hydrogen) atoms. The highest BCUT2D eigenvalue weighted by Gasteiger charge is 2.57. The van der Waals surface area contributed by atoms with Crippen LogP contribution in [0.3, 0.4) is 0 Å². The number of aliphatic hydroxyl groups is 1. The van der Waals surface area contributed by atoms with Crippen LogP contribution in [0.4, 0.5) is 10.1 Å². The molecule has 2 aromatic carbocycles. The normalized spacial score (nSPS) is 26.7. The van der Waals surface area contributed by atoms with Gasteiger partial charge in [-0.25, -0.2) is 4.39 Å². The number of amides is 2. The molecule has 2 aliphatic heterocycles. The first kappa shape index (κ1) is 20.6. The minimum atomic E-state index is -2.94. The average molecular weight is 493 g/mol. The fourth-order valence-corrected chi connectivity index (χ4v) is 5.47. The highest BCUT2D eigenvalue weighted by Crippen LogP contribution is 2.47. The molecule has 7 nitrogen and oxygen atoms in total. The third-order valence-corrected chi connectivity index (χ3v) is 7.68. The van der Waals surface area contributed by atoms with Crippen molar-refractivity contribution >= 4 is 23.3 Å². The first-order chi connectivity index (χ1) is 18.5. The lowest BCUT2D eigenvalue weighted by Gasteiger charge is -2.30. The number of para-hydroxylation sites is 1. The van der Waals surface area contributed by atoms with Gasteiger partial charge in [-0.05, 0) is 41.7 Å². The molecule has 2 fully saturated rings. The van der Waals surface area contributed by atoms with Gasteiger partial charge >= 0.3 is 0 Å². The third kappa shape index (κ3) is 4.07. The van der Waals surface area contributed by atoms with Crippen LogP contribution < -0.4 is 5.32 Å². The quantitative estimate of drug-likeness (QED) is 0.615. The molecular formula is C28H28FN3O4. The van der Waals surface area contributed by atoms with E-state index in [1.807, 2.05) is 0 Å². The van der Waals surface area contributed by atoms with Crippen LogP contribution in [0, 0.1) is 34.9 Å². The van der Waals surface area contributed by atoms with Crippen LogP contribution in [-0.4, -0.2) is 40.2 Å². The smallest absolute Gasteiger partial charge is 0.237 e. The van der Waals surface area contributed by atoms with E-state index in [1.54, 1.807) is 24.3 Å². The minimum Gasteiger partial charge on any atom is -0.381 e. The molecule has 186 valence electrons. The van der Waals surface area contributed by atoms with E-state index in [4.69, 9.17) is 4.11 Å². The number of anilines is 1. The predicted molar refractivity (Wildman–Crippen MR) is 129 cm³/mol. The first-order valence-corrected chi connectivity index (χ1v) is 12.0. The van der Waals surface area contributed by atoms with Gasteiger partial charge in [0.25, 0.3) is 0 Å². The molecule has 1 saturated carbocycles. The van der Waals surface area contributed by atoms with Crippen molar-refractivity contribution in [3.8, 4) is 6.07 Å². The zero-order valence-corrected chi connectivity index (χ0v) is 19.5. The van der Waals surface area contributed by atoms with Crippen molar-refractivity contribution in [1.82, 2.24) is 4.90 Å². The molecule has 2 amide bonds. The Morgan fingerprint density at radius 3 is 2.67 bits per heavy atom. The SMILES string of the molecule is [2H]C([2H])([2H])C(C(=O)[C@H](O)c1ccc(F)cc1)[C@@H](CC1CC1)C(=O)N1C[C@]2(C[C@H]1C#N)C(=O)Nc1ccccc12. The van der Waals surface area contributed by atoms with Crippen LogP contribution >= 0.6 is 0 Å². The number of likely N-dealkylation sites (tertiary alicyclic amines) is 1. The number of rotatable bonds is 7. The van der Waals surface area contributed by atoms with Crippen molar-refractivity contribution in [2.45, 2.75) is 50.1 Å². The van der Waals surface area contributed by atoms with Crippen molar-refractivity contribution in [2.75, 3.05) is 11.9 Å². The summed E-state index contributed by atoms with van der Waals surface area (Å²) >= 11 is 0. The highest BCUT2D eigenvalue weighted by molar-refractivity contribution is 6.07. The lowest BCUT2D eigenvalue weighted by Crippen LogP contribution is -2.45. The fourth-order valence-electron chi connectivity index (χ4n) is 5.47. The second-order valence-corrected chi connectivity index (χ2v) is 10.0. The monoisotopic (exact) mass is 492 g/mol. The van der Waals surface area contributed by atoms with Crippen molar-refractivity contribution in [1.29, 1.82) is 5.26 Å². The van der Waals surface area contributed by atoms with E-state index in [9.17, 15) is 29.1 Å². The molecular weight excluding hydrogens is 461 g/mol. The largest absolute Gasteiger partial charge is 0.381 e. The number of Topliss-reactive ketones (excluding diaryl/α,β-unsaturated/α-hetero) is 1. The molecule has 2 aromatic rings. The van der Waals surface area contributed by atoms with Gasteiger partial charge in [0.15, 0.2) is 5.78 Å². The van der Waals surface area contributed by atoms with E-state index in [2.05, 4.69) is 11.4 Å². The number of ketones is 1. The molecule has 5 rings (SSSR count). The summed E-state index contributed by atoms with van der Waals surface area (Å²) in [6.45, 7) is -3.07. The van der Waals surface area contributed by atoms with E-state index in [-0.39, 0.29) is 36.8 Å². The van der Waals surface area contributed by atoms with Crippen LogP contribution in [0.1, 0.15) is 53.9 Å². The highest BCUT2D eigenvalue weighted by atomic mass is 19.1. The van der Waals surface area contributed by atoms with Gasteiger partial charge in [0.05, 0.1) is 11.5 Å². The summed E-state index contributed by atoms with van der Waals surface area (Å²) in [5.41, 5.74) is 0.118. The second-order valence-electron chi connectivity index (χ2n) is 10.0. The molecule has 1 spiro atoms. The van der Waals surface area contributed by atoms with Gasteiger partial charge in [-0.15, -0.1) is 0 Å². The number of nitriles is 1. The first-order valence-electron chi connectivity index (χ1n) is 13.5. The summed E-state index contributed by atoms with van der Waals surface area (Å²) in [5, 5.41) is 23.6. The summed E-state index contributed by atoms with van der Waals surface area (Å²) in [5.74, 6) is -5.84. The number of nitrogens with zero attached hydrogens (tertiary/aromatic N) is 2. The lowest BCUT2D eigenvalue weighted by molar-refractivity contribution is -0.144. The van der Waals surface area contributed by atoms with E-state index < -0.39 is 53.8 Å². The molecule has 2 N–H and O–H groups in total. The summed E-state index contributed by atoms with van der Waals surface area (Å²) in [6, 6.07) is 12.6. The number of nitrogens with one attached hydrogen (secondary N) is 1. The second kappa shape index (κ2) is 9.14. The molecule has 0 aromatic heterocycles. The molecule has 3 aliphatic rings. The summed E-state index contributed by atoms with van der Waals surface area (Å²) in [7, 11) is 0. The molecule has 0 bridgehead atoms. The van der Waals surface area contributed by atoms with Gasteiger partial charge in [0.2, 0.25) is 11.8 Å². The van der Waals surface area contributed by atoms with Gasteiger partial charge in [-0.1, -0.05) is 50.0 Å².